The number of morpholine rings is 1. The van der Waals surface area contributed by atoms with Crippen molar-refractivity contribution in [1.82, 2.24) is 9.80 Å². The van der Waals surface area contributed by atoms with E-state index >= 15 is 0 Å². The Morgan fingerprint density at radius 2 is 1.49 bits per heavy atom. The first-order chi connectivity index (χ1) is 20.4. The van der Waals surface area contributed by atoms with Crippen molar-refractivity contribution in [1.29, 1.82) is 0 Å². The summed E-state index contributed by atoms with van der Waals surface area (Å²) < 4.78 is 24.1. The summed E-state index contributed by atoms with van der Waals surface area (Å²) in [5.41, 5.74) is 1.19. The molecule has 2 atom stereocenters. The van der Waals surface area contributed by atoms with E-state index in [1.807, 2.05) is 11.8 Å². The summed E-state index contributed by atoms with van der Waals surface area (Å²) in [6, 6.07) is 8.16. The van der Waals surface area contributed by atoms with Crippen LogP contribution < -0.4 is 10.4 Å². The van der Waals surface area contributed by atoms with Crippen molar-refractivity contribution >= 4 is 30.1 Å². The molecule has 1 aliphatic carbocycles. The van der Waals surface area contributed by atoms with Gasteiger partial charge in [-0.1, -0.05) is 12.1 Å². The highest BCUT2D eigenvalue weighted by Crippen LogP contribution is 2.52. The van der Waals surface area contributed by atoms with Gasteiger partial charge in [0.1, 0.15) is 0 Å². The van der Waals surface area contributed by atoms with Crippen molar-refractivity contribution in [3.05, 3.63) is 23.8 Å². The van der Waals surface area contributed by atoms with Gasteiger partial charge in [-0.15, -0.1) is 0 Å². The minimum absolute atomic E-state index is 0.161. The molecule has 10 heteroatoms. The van der Waals surface area contributed by atoms with Crippen LogP contribution in [0.3, 0.4) is 0 Å². The molecule has 2 bridgehead atoms. The molecule has 43 heavy (non-hydrogen) atoms. The highest BCUT2D eigenvalue weighted by Gasteiger charge is 2.58. The second kappa shape index (κ2) is 9.52. The van der Waals surface area contributed by atoms with E-state index in [-0.39, 0.29) is 17.9 Å². The van der Waals surface area contributed by atoms with Gasteiger partial charge in [-0.25, -0.2) is 0 Å². The lowest BCUT2D eigenvalue weighted by Crippen LogP contribution is -2.62. The Labute approximate surface area is 255 Å². The Hall–Kier alpha value is -1.98. The highest BCUT2D eigenvalue weighted by molar-refractivity contribution is 6.62. The maximum absolute atomic E-state index is 14.7. The van der Waals surface area contributed by atoms with Crippen molar-refractivity contribution in [3.8, 4) is 0 Å². The number of benzene rings is 1. The molecule has 0 N–H and O–H groups in total. The third-order valence-electron chi connectivity index (χ3n) is 12.4. The number of piperidine rings is 1. The number of carbonyl (C=O) groups is 2. The number of fused-ring (bicyclic) bond motifs is 4. The molecule has 9 nitrogen and oxygen atoms in total. The number of hydrogen-bond acceptors (Lipinski definition) is 7. The van der Waals surface area contributed by atoms with Gasteiger partial charge >= 0.3 is 7.12 Å². The van der Waals surface area contributed by atoms with E-state index in [1.54, 1.807) is 0 Å². The molecule has 0 aromatic heterocycles. The van der Waals surface area contributed by atoms with Gasteiger partial charge in [0.15, 0.2) is 0 Å². The predicted molar refractivity (Wildman–Crippen MR) is 162 cm³/mol. The van der Waals surface area contributed by atoms with Gasteiger partial charge in [-0.3, -0.25) is 14.5 Å². The predicted octanol–water partition coefficient (Wildman–Crippen LogP) is 2.62. The van der Waals surface area contributed by atoms with E-state index in [0.717, 1.165) is 42.8 Å². The fourth-order valence-electron chi connectivity index (χ4n) is 8.85. The minimum Gasteiger partial charge on any atom is -0.399 e. The lowest BCUT2D eigenvalue weighted by molar-refractivity contribution is -0.170. The zero-order valence-corrected chi connectivity index (χ0v) is 26.4. The molecular formula is C33H46BN3O6. The van der Waals surface area contributed by atoms with Crippen molar-refractivity contribution < 1.29 is 28.4 Å². The van der Waals surface area contributed by atoms with E-state index < -0.39 is 29.2 Å². The van der Waals surface area contributed by atoms with E-state index in [0.29, 0.717) is 57.3 Å². The molecule has 1 aromatic rings. The van der Waals surface area contributed by atoms with Crippen LogP contribution in [0.25, 0.3) is 0 Å². The maximum Gasteiger partial charge on any atom is 0.494 e. The Morgan fingerprint density at radius 1 is 0.860 bits per heavy atom. The van der Waals surface area contributed by atoms with E-state index in [4.69, 9.17) is 18.8 Å². The second-order valence-corrected chi connectivity index (χ2v) is 15.6. The molecule has 8 rings (SSSR count). The largest absolute Gasteiger partial charge is 0.494 e. The number of hydrogen-bond donors (Lipinski definition) is 0. The average Bonchev–Trinajstić information content (AvgIpc) is 3.40. The number of carbonyl (C=O) groups excluding carboxylic acids is 2. The standard InChI is InChI=1S/C33H46BN3O6/c1-30(2)31(3,4)43-34(42-30)21-6-9-26-27(14-21)37(25-15-24(16-25)36-22-7-8-23(36)18-40-17-22)29(39)33(26)10-12-35(13-11-33)28(38)32(5)19-41-20-32/h6,9,14,22-25H,7-8,10-13,15-20H2,1-5H3/t22?,23?,24-,25+. The molecular weight excluding hydrogens is 545 g/mol. The van der Waals surface area contributed by atoms with E-state index in [1.165, 1.54) is 12.8 Å². The topological polar surface area (TPSA) is 80.8 Å². The first-order valence-corrected chi connectivity index (χ1v) is 16.5. The van der Waals surface area contributed by atoms with Crippen molar-refractivity contribution in [2.24, 2.45) is 5.41 Å². The third-order valence-corrected chi connectivity index (χ3v) is 12.4. The summed E-state index contributed by atoms with van der Waals surface area (Å²) in [5.74, 6) is 0.376. The van der Waals surface area contributed by atoms with Crippen molar-refractivity contribution in [3.63, 3.8) is 0 Å². The Bertz CT molecular complexity index is 1300. The van der Waals surface area contributed by atoms with Crippen LogP contribution in [0.4, 0.5) is 5.69 Å². The van der Waals surface area contributed by atoms with Gasteiger partial charge in [0.25, 0.3) is 0 Å². The molecule has 6 aliphatic heterocycles. The fraction of sp³-hybridized carbons (Fsp3) is 0.758. The summed E-state index contributed by atoms with van der Waals surface area (Å²) in [5, 5.41) is 0. The number of nitrogens with zero attached hydrogens (tertiary/aromatic N) is 3. The average molecular weight is 592 g/mol. The number of likely N-dealkylation sites (tertiary alicyclic amines) is 1. The third kappa shape index (κ3) is 4.08. The molecule has 6 heterocycles. The Morgan fingerprint density at radius 3 is 2.07 bits per heavy atom. The molecule has 232 valence electrons. The maximum atomic E-state index is 14.7. The quantitative estimate of drug-likeness (QED) is 0.499. The van der Waals surface area contributed by atoms with Crippen molar-refractivity contribution in [2.75, 3.05) is 44.4 Å². The summed E-state index contributed by atoms with van der Waals surface area (Å²) >= 11 is 0. The van der Waals surface area contributed by atoms with Gasteiger partial charge in [-0.05, 0) is 90.2 Å². The van der Waals surface area contributed by atoms with E-state index in [9.17, 15) is 9.59 Å². The van der Waals surface area contributed by atoms with E-state index in [2.05, 4.69) is 55.7 Å². The molecule has 1 saturated carbocycles. The van der Waals surface area contributed by atoms with Gasteiger partial charge < -0.3 is 28.6 Å². The molecule has 0 radical (unpaired) electrons. The molecule has 2 unspecified atom stereocenters. The molecule has 1 spiro atoms. The van der Waals surface area contributed by atoms with Crippen LogP contribution in [0.5, 0.6) is 0 Å². The van der Waals surface area contributed by atoms with Crippen LogP contribution in [0.15, 0.2) is 18.2 Å². The molecule has 6 fully saturated rings. The van der Waals surface area contributed by atoms with Crippen LogP contribution >= 0.6 is 0 Å². The first-order valence-electron chi connectivity index (χ1n) is 16.5. The molecule has 7 aliphatic rings. The monoisotopic (exact) mass is 591 g/mol. The number of anilines is 1. The minimum atomic E-state index is -0.597. The van der Waals surface area contributed by atoms with Gasteiger partial charge in [-0.2, -0.15) is 0 Å². The summed E-state index contributed by atoms with van der Waals surface area (Å²) in [7, 11) is -0.480. The molecule has 5 saturated heterocycles. The zero-order valence-electron chi connectivity index (χ0n) is 26.4. The van der Waals surface area contributed by atoms with Gasteiger partial charge in [0.2, 0.25) is 11.8 Å². The normalized spacial score (nSPS) is 35.2. The number of ether oxygens (including phenoxy) is 2. The second-order valence-electron chi connectivity index (χ2n) is 15.6. The Kier molecular flexibility index (Phi) is 6.31. The summed E-state index contributed by atoms with van der Waals surface area (Å²) in [4.78, 5) is 34.8. The van der Waals surface area contributed by atoms with Gasteiger partial charge in [0, 0.05) is 42.9 Å². The first kappa shape index (κ1) is 28.5. The smallest absolute Gasteiger partial charge is 0.399 e. The zero-order chi connectivity index (χ0) is 29.9. The summed E-state index contributed by atoms with van der Waals surface area (Å²) in [6.07, 6.45) is 5.74. The molecule has 1 aromatic carbocycles. The lowest BCUT2D eigenvalue weighted by atomic mass is 9.71. The van der Waals surface area contributed by atoms with Crippen LogP contribution in [-0.4, -0.2) is 104 Å². The fourth-order valence-corrected chi connectivity index (χ4v) is 8.85. The SMILES string of the molecule is CC1(C(=O)N2CCC3(CC2)C(=O)N([C@H]2C[C@@H](N4C5CCC4COC5)C2)c2cc(B4OC(C)(C)C(C)(C)O4)ccc23)COC1. The molecule has 2 amide bonds. The van der Waals surface area contributed by atoms with Gasteiger partial charge in [0.05, 0.1) is 48.5 Å². The number of rotatable bonds is 4. The Balaban J connectivity index is 1.08. The van der Waals surface area contributed by atoms with Crippen LogP contribution in [0, 0.1) is 5.41 Å². The lowest BCUT2D eigenvalue weighted by Gasteiger charge is -2.51. The van der Waals surface area contributed by atoms with Crippen LogP contribution in [0.2, 0.25) is 0 Å². The van der Waals surface area contributed by atoms with Crippen molar-refractivity contribution in [2.45, 2.75) is 114 Å². The number of amides is 2. The van der Waals surface area contributed by atoms with Crippen LogP contribution in [0.1, 0.15) is 78.7 Å². The summed E-state index contributed by atoms with van der Waals surface area (Å²) in [6.45, 7) is 14.1. The van der Waals surface area contributed by atoms with Crippen LogP contribution in [-0.2, 0) is 33.8 Å². The highest BCUT2D eigenvalue weighted by atomic mass is 16.7.